The topological polar surface area (TPSA) is 94.5 Å². The molecule has 0 aliphatic carbocycles. The first-order chi connectivity index (χ1) is 13.3. The molecular formula is C18H15N7OS. The third-order valence-electron chi connectivity index (χ3n) is 4.29. The van der Waals surface area contributed by atoms with E-state index in [1.807, 2.05) is 35.3 Å². The lowest BCUT2D eigenvalue weighted by atomic mass is 10.2. The van der Waals surface area contributed by atoms with Crippen LogP contribution in [0.5, 0.6) is 0 Å². The highest BCUT2D eigenvalue weighted by Crippen LogP contribution is 2.26. The van der Waals surface area contributed by atoms with Gasteiger partial charge in [0.2, 0.25) is 0 Å². The lowest BCUT2D eigenvalue weighted by molar-refractivity contribution is 0.269. The maximum absolute atomic E-state index is 9.04. The summed E-state index contributed by atoms with van der Waals surface area (Å²) in [7, 11) is 0. The molecule has 0 saturated heterocycles. The maximum Gasteiger partial charge on any atom is 0.179 e. The third-order valence-corrected chi connectivity index (χ3v) is 5.39. The summed E-state index contributed by atoms with van der Waals surface area (Å²) in [6.45, 7) is 1.12. The van der Waals surface area contributed by atoms with Crippen LogP contribution in [0.2, 0.25) is 0 Å². The molecule has 0 fully saturated rings. The van der Waals surface area contributed by atoms with Gasteiger partial charge in [0, 0.05) is 39.1 Å². The van der Waals surface area contributed by atoms with Crippen molar-refractivity contribution in [2.24, 2.45) is 0 Å². The van der Waals surface area contributed by atoms with Gasteiger partial charge < -0.3 is 5.11 Å². The van der Waals surface area contributed by atoms with Gasteiger partial charge in [-0.25, -0.2) is 9.67 Å². The Morgan fingerprint density at radius 1 is 1.15 bits per heavy atom. The van der Waals surface area contributed by atoms with E-state index in [1.54, 1.807) is 28.4 Å². The Morgan fingerprint density at radius 2 is 2.11 bits per heavy atom. The fourth-order valence-corrected chi connectivity index (χ4v) is 4.02. The zero-order valence-corrected chi connectivity index (χ0v) is 15.0. The van der Waals surface area contributed by atoms with E-state index in [2.05, 4.69) is 26.5 Å². The smallest absolute Gasteiger partial charge is 0.179 e. The lowest BCUT2D eigenvalue weighted by Crippen LogP contribution is -2.02. The average molecular weight is 377 g/mol. The number of rotatable bonds is 5. The molecule has 9 heteroatoms. The fourth-order valence-electron chi connectivity index (χ4n) is 3.01. The van der Waals surface area contributed by atoms with E-state index < -0.39 is 0 Å². The fraction of sp³-hybridized carbons (Fsp3) is 0.167. The van der Waals surface area contributed by atoms with Crippen molar-refractivity contribution in [1.29, 1.82) is 0 Å². The van der Waals surface area contributed by atoms with Crippen LogP contribution in [0.1, 0.15) is 4.88 Å². The molecule has 0 aliphatic rings. The Labute approximate surface area is 157 Å². The van der Waals surface area contributed by atoms with Crippen molar-refractivity contribution in [3.63, 3.8) is 0 Å². The van der Waals surface area contributed by atoms with Gasteiger partial charge in [0.1, 0.15) is 5.52 Å². The van der Waals surface area contributed by atoms with E-state index >= 15 is 0 Å². The van der Waals surface area contributed by atoms with Gasteiger partial charge in [-0.15, -0.1) is 16.4 Å². The molecular weight excluding hydrogens is 362 g/mol. The van der Waals surface area contributed by atoms with E-state index in [1.165, 1.54) is 9.58 Å². The second-order valence-electron chi connectivity index (χ2n) is 6.13. The standard InChI is InChI=1S/C18H15N7OS/c26-6-5-24-10-13(9-20-24)15-1-2-16-18(21-15)25(23-22-16)11-14-7-12-8-19-4-3-17(12)27-14/h1-4,7-10,26H,5-6,11H2. The Kier molecular flexibility index (Phi) is 3.88. The van der Waals surface area contributed by atoms with Crippen molar-refractivity contribution in [3.05, 3.63) is 53.9 Å². The van der Waals surface area contributed by atoms with Gasteiger partial charge >= 0.3 is 0 Å². The Bertz CT molecular complexity index is 1210. The van der Waals surface area contributed by atoms with Crippen molar-refractivity contribution < 1.29 is 5.11 Å². The SMILES string of the molecule is OCCn1cc(-c2ccc3nnn(Cc4cc5cnccc5s4)c3n2)cn1. The molecule has 5 aromatic heterocycles. The zero-order valence-electron chi connectivity index (χ0n) is 14.2. The first kappa shape index (κ1) is 16.0. The summed E-state index contributed by atoms with van der Waals surface area (Å²) < 4.78 is 4.71. The second kappa shape index (κ2) is 6.53. The van der Waals surface area contributed by atoms with Crippen LogP contribution in [0, 0.1) is 0 Å². The van der Waals surface area contributed by atoms with Crippen LogP contribution in [0.4, 0.5) is 0 Å². The summed E-state index contributed by atoms with van der Waals surface area (Å²) >= 11 is 1.72. The van der Waals surface area contributed by atoms with E-state index in [0.29, 0.717) is 13.1 Å². The number of thiophene rings is 1. The zero-order chi connectivity index (χ0) is 18.2. The van der Waals surface area contributed by atoms with Crippen LogP contribution in [-0.4, -0.2) is 46.5 Å². The molecule has 0 saturated carbocycles. The third kappa shape index (κ3) is 2.96. The summed E-state index contributed by atoms with van der Waals surface area (Å²) in [5.74, 6) is 0. The molecule has 5 aromatic rings. The number of hydrogen-bond donors (Lipinski definition) is 1. The molecule has 0 radical (unpaired) electrons. The van der Waals surface area contributed by atoms with Gasteiger partial charge in [-0.3, -0.25) is 9.67 Å². The monoisotopic (exact) mass is 377 g/mol. The minimum absolute atomic E-state index is 0.0506. The lowest BCUT2D eigenvalue weighted by Gasteiger charge is -2.01. The van der Waals surface area contributed by atoms with Crippen molar-refractivity contribution >= 4 is 32.6 Å². The van der Waals surface area contributed by atoms with E-state index in [-0.39, 0.29) is 6.61 Å². The first-order valence-corrected chi connectivity index (χ1v) is 9.28. The van der Waals surface area contributed by atoms with Gasteiger partial charge in [-0.2, -0.15) is 5.10 Å². The number of fused-ring (bicyclic) bond motifs is 2. The molecule has 0 atom stereocenters. The average Bonchev–Trinajstić information content (AvgIpc) is 3.40. The minimum atomic E-state index is 0.0506. The van der Waals surface area contributed by atoms with Gasteiger partial charge in [-0.1, -0.05) is 5.21 Å². The summed E-state index contributed by atoms with van der Waals surface area (Å²) in [5, 5.41) is 22.9. The molecule has 0 bridgehead atoms. The number of aromatic nitrogens is 7. The largest absolute Gasteiger partial charge is 0.394 e. The first-order valence-electron chi connectivity index (χ1n) is 8.46. The van der Waals surface area contributed by atoms with Gasteiger partial charge in [0.15, 0.2) is 5.65 Å². The number of hydrogen-bond acceptors (Lipinski definition) is 7. The molecule has 0 aromatic carbocycles. The predicted molar refractivity (Wildman–Crippen MR) is 102 cm³/mol. The van der Waals surface area contributed by atoms with Gasteiger partial charge in [0.25, 0.3) is 0 Å². The Morgan fingerprint density at radius 3 is 3.00 bits per heavy atom. The Balaban J connectivity index is 1.50. The summed E-state index contributed by atoms with van der Waals surface area (Å²) in [6, 6.07) is 7.97. The highest BCUT2D eigenvalue weighted by Gasteiger charge is 2.11. The molecule has 134 valence electrons. The summed E-state index contributed by atoms with van der Waals surface area (Å²) in [6.07, 6.45) is 7.29. The highest BCUT2D eigenvalue weighted by molar-refractivity contribution is 7.19. The van der Waals surface area contributed by atoms with Crippen LogP contribution in [0.15, 0.2) is 49.1 Å². The minimum Gasteiger partial charge on any atom is -0.394 e. The molecule has 5 heterocycles. The van der Waals surface area contributed by atoms with Crippen LogP contribution < -0.4 is 0 Å². The molecule has 8 nitrogen and oxygen atoms in total. The highest BCUT2D eigenvalue weighted by atomic mass is 32.1. The second-order valence-corrected chi connectivity index (χ2v) is 7.30. The summed E-state index contributed by atoms with van der Waals surface area (Å²) in [5.41, 5.74) is 3.18. The van der Waals surface area contributed by atoms with E-state index in [4.69, 9.17) is 10.1 Å². The van der Waals surface area contributed by atoms with Crippen molar-refractivity contribution in [3.8, 4) is 11.3 Å². The normalized spacial score (nSPS) is 11.6. The van der Waals surface area contributed by atoms with Crippen molar-refractivity contribution in [2.75, 3.05) is 6.61 Å². The predicted octanol–water partition coefficient (Wildman–Crippen LogP) is 2.34. The molecule has 5 rings (SSSR count). The van der Waals surface area contributed by atoms with E-state index in [9.17, 15) is 0 Å². The van der Waals surface area contributed by atoms with Crippen LogP contribution in [0.3, 0.4) is 0 Å². The van der Waals surface area contributed by atoms with Gasteiger partial charge in [0.05, 0.1) is 31.6 Å². The number of aliphatic hydroxyl groups excluding tert-OH is 1. The quantitative estimate of drug-likeness (QED) is 0.505. The molecule has 27 heavy (non-hydrogen) atoms. The molecule has 0 amide bonds. The molecule has 0 spiro atoms. The molecule has 0 aliphatic heterocycles. The number of aliphatic hydroxyl groups is 1. The summed E-state index contributed by atoms with van der Waals surface area (Å²) in [4.78, 5) is 10.1. The van der Waals surface area contributed by atoms with Gasteiger partial charge in [-0.05, 0) is 24.3 Å². The number of nitrogens with zero attached hydrogens (tertiary/aromatic N) is 7. The van der Waals surface area contributed by atoms with E-state index in [0.717, 1.165) is 27.8 Å². The number of pyridine rings is 2. The van der Waals surface area contributed by atoms with Crippen molar-refractivity contribution in [2.45, 2.75) is 13.1 Å². The van der Waals surface area contributed by atoms with Crippen LogP contribution in [-0.2, 0) is 13.1 Å². The Hall–Kier alpha value is -3.17. The maximum atomic E-state index is 9.04. The molecule has 0 unspecified atom stereocenters. The van der Waals surface area contributed by atoms with Crippen LogP contribution >= 0.6 is 11.3 Å². The van der Waals surface area contributed by atoms with Crippen LogP contribution in [0.25, 0.3) is 32.5 Å². The molecule has 1 N–H and O–H groups in total. The van der Waals surface area contributed by atoms with Crippen molar-refractivity contribution in [1.82, 2.24) is 34.7 Å².